The number of thioether (sulfide) groups is 1. The molecule has 0 fully saturated rings. The zero-order chi connectivity index (χ0) is 13.8. The van der Waals surface area contributed by atoms with Crippen LogP contribution in [0.5, 0.6) is 0 Å². The predicted molar refractivity (Wildman–Crippen MR) is 82.1 cm³/mol. The normalized spacial score (nSPS) is 10.7. The number of hydrogen-bond acceptors (Lipinski definition) is 3. The number of rotatable bonds is 4. The molecule has 3 nitrogen and oxygen atoms in total. The van der Waals surface area contributed by atoms with Crippen LogP contribution in [0.3, 0.4) is 0 Å². The summed E-state index contributed by atoms with van der Waals surface area (Å²) in [4.78, 5) is 8.79. The summed E-state index contributed by atoms with van der Waals surface area (Å²) in [5.41, 5.74) is 3.48. The summed E-state index contributed by atoms with van der Waals surface area (Å²) in [6, 6.07) is 14.3. The average molecular weight is 281 g/mol. The zero-order valence-corrected chi connectivity index (χ0v) is 12.0. The molecule has 0 amide bonds. The molecule has 2 heterocycles. The molecule has 3 rings (SSSR count). The molecule has 0 atom stereocenters. The van der Waals surface area contributed by atoms with Gasteiger partial charge in [-0.1, -0.05) is 36.0 Å². The van der Waals surface area contributed by atoms with Crippen LogP contribution in [0.25, 0.3) is 5.69 Å². The topological polar surface area (TPSA) is 30.7 Å². The fraction of sp³-hybridized carbons (Fsp3) is 0.125. The zero-order valence-electron chi connectivity index (χ0n) is 11.2. The van der Waals surface area contributed by atoms with Crippen molar-refractivity contribution in [2.75, 3.05) is 0 Å². The first-order valence-electron chi connectivity index (χ1n) is 6.46. The molecule has 0 aliphatic carbocycles. The van der Waals surface area contributed by atoms with Gasteiger partial charge in [0.1, 0.15) is 0 Å². The minimum atomic E-state index is 0.823. The van der Waals surface area contributed by atoms with Gasteiger partial charge in [-0.25, -0.2) is 4.98 Å². The number of hydrogen-bond donors (Lipinski definition) is 0. The van der Waals surface area contributed by atoms with Gasteiger partial charge < -0.3 is 0 Å². The Bertz CT molecular complexity index is 692. The van der Waals surface area contributed by atoms with Crippen molar-refractivity contribution < 1.29 is 0 Å². The van der Waals surface area contributed by atoms with Gasteiger partial charge in [-0.15, -0.1) is 0 Å². The summed E-state index contributed by atoms with van der Waals surface area (Å²) >= 11 is 1.70. The lowest BCUT2D eigenvalue weighted by Gasteiger charge is -2.09. The third-order valence-electron chi connectivity index (χ3n) is 3.06. The second-order valence-corrected chi connectivity index (χ2v) is 5.42. The highest BCUT2D eigenvalue weighted by molar-refractivity contribution is 7.98. The first-order valence-corrected chi connectivity index (χ1v) is 7.45. The van der Waals surface area contributed by atoms with Gasteiger partial charge in [-0.2, -0.15) is 0 Å². The second kappa shape index (κ2) is 5.92. The Balaban J connectivity index is 1.83. The number of aromatic nitrogens is 3. The summed E-state index contributed by atoms with van der Waals surface area (Å²) in [5.74, 6) is 0.823. The van der Waals surface area contributed by atoms with E-state index in [1.807, 2.05) is 36.8 Å². The van der Waals surface area contributed by atoms with E-state index in [2.05, 4.69) is 45.7 Å². The van der Waals surface area contributed by atoms with Crippen LogP contribution < -0.4 is 0 Å². The summed E-state index contributed by atoms with van der Waals surface area (Å²) in [5, 5.41) is 0.991. The van der Waals surface area contributed by atoms with Gasteiger partial charge in [0, 0.05) is 24.3 Å². The van der Waals surface area contributed by atoms with Gasteiger partial charge in [-0.05, 0) is 30.7 Å². The van der Waals surface area contributed by atoms with Gasteiger partial charge in [0.2, 0.25) is 0 Å². The molecule has 0 saturated carbocycles. The Morgan fingerprint density at radius 2 is 1.85 bits per heavy atom. The van der Waals surface area contributed by atoms with Crippen LogP contribution in [0.1, 0.15) is 11.3 Å². The Morgan fingerprint density at radius 3 is 2.65 bits per heavy atom. The largest absolute Gasteiger partial charge is 0.295 e. The SMILES string of the molecule is Cc1ccccc1-n1ccnc1SCc1ccccn1. The standard InChI is InChI=1S/C16H15N3S/c1-13-6-2-3-8-15(13)19-11-10-18-16(19)20-12-14-7-4-5-9-17-14/h2-11H,12H2,1H3. The van der Waals surface area contributed by atoms with Crippen molar-refractivity contribution >= 4 is 11.8 Å². The molecule has 0 saturated heterocycles. The molecule has 3 aromatic rings. The van der Waals surface area contributed by atoms with Gasteiger partial charge in [0.05, 0.1) is 11.4 Å². The van der Waals surface area contributed by atoms with Crippen LogP contribution in [0, 0.1) is 6.92 Å². The minimum Gasteiger partial charge on any atom is -0.295 e. The molecule has 0 radical (unpaired) electrons. The van der Waals surface area contributed by atoms with Crippen molar-refractivity contribution in [1.29, 1.82) is 0 Å². The Labute approximate surface area is 122 Å². The molecular formula is C16H15N3S. The highest BCUT2D eigenvalue weighted by Crippen LogP contribution is 2.24. The Kier molecular flexibility index (Phi) is 3.83. The van der Waals surface area contributed by atoms with Gasteiger partial charge in [0.25, 0.3) is 0 Å². The smallest absolute Gasteiger partial charge is 0.172 e. The van der Waals surface area contributed by atoms with Crippen LogP contribution in [-0.2, 0) is 5.75 Å². The second-order valence-electron chi connectivity index (χ2n) is 4.48. The van der Waals surface area contributed by atoms with E-state index in [1.165, 1.54) is 11.3 Å². The fourth-order valence-corrected chi connectivity index (χ4v) is 2.92. The maximum absolute atomic E-state index is 4.45. The molecule has 0 N–H and O–H groups in total. The summed E-state index contributed by atoms with van der Waals surface area (Å²) in [6.07, 6.45) is 5.67. The van der Waals surface area contributed by atoms with Crippen molar-refractivity contribution in [3.8, 4) is 5.69 Å². The Morgan fingerprint density at radius 1 is 1.00 bits per heavy atom. The third-order valence-corrected chi connectivity index (χ3v) is 4.06. The lowest BCUT2D eigenvalue weighted by atomic mass is 10.2. The Hall–Kier alpha value is -2.07. The maximum atomic E-state index is 4.45. The fourth-order valence-electron chi connectivity index (χ4n) is 2.04. The summed E-state index contributed by atoms with van der Waals surface area (Å²) < 4.78 is 2.13. The van der Waals surface area contributed by atoms with Crippen LogP contribution in [-0.4, -0.2) is 14.5 Å². The first-order chi connectivity index (χ1) is 9.84. The quantitative estimate of drug-likeness (QED) is 0.680. The minimum absolute atomic E-state index is 0.823. The lowest BCUT2D eigenvalue weighted by molar-refractivity contribution is 0.887. The first kappa shape index (κ1) is 12.9. The molecule has 0 bridgehead atoms. The molecule has 0 aliphatic heterocycles. The molecule has 1 aromatic carbocycles. The monoisotopic (exact) mass is 281 g/mol. The number of aryl methyl sites for hydroxylation is 1. The van der Waals surface area contributed by atoms with Crippen molar-refractivity contribution in [3.05, 3.63) is 72.3 Å². The number of nitrogens with zero attached hydrogens (tertiary/aromatic N) is 3. The maximum Gasteiger partial charge on any atom is 0.172 e. The van der Waals surface area contributed by atoms with E-state index in [0.29, 0.717) is 0 Å². The van der Waals surface area contributed by atoms with Crippen LogP contribution in [0.2, 0.25) is 0 Å². The van der Waals surface area contributed by atoms with Crippen molar-refractivity contribution in [2.24, 2.45) is 0 Å². The summed E-state index contributed by atoms with van der Waals surface area (Å²) in [7, 11) is 0. The van der Waals surface area contributed by atoms with Crippen LogP contribution >= 0.6 is 11.8 Å². The van der Waals surface area contributed by atoms with Crippen molar-refractivity contribution in [1.82, 2.24) is 14.5 Å². The molecule has 20 heavy (non-hydrogen) atoms. The van der Waals surface area contributed by atoms with Gasteiger partial charge in [0.15, 0.2) is 5.16 Å². The number of para-hydroxylation sites is 1. The van der Waals surface area contributed by atoms with E-state index in [4.69, 9.17) is 0 Å². The van der Waals surface area contributed by atoms with E-state index in [1.54, 1.807) is 11.8 Å². The summed E-state index contributed by atoms with van der Waals surface area (Å²) in [6.45, 7) is 2.11. The number of benzene rings is 1. The number of pyridine rings is 1. The van der Waals surface area contributed by atoms with Gasteiger partial charge in [-0.3, -0.25) is 9.55 Å². The van der Waals surface area contributed by atoms with Gasteiger partial charge >= 0.3 is 0 Å². The number of imidazole rings is 1. The van der Waals surface area contributed by atoms with E-state index in [-0.39, 0.29) is 0 Å². The highest BCUT2D eigenvalue weighted by Gasteiger charge is 2.08. The van der Waals surface area contributed by atoms with Crippen molar-refractivity contribution in [2.45, 2.75) is 17.8 Å². The molecule has 2 aromatic heterocycles. The predicted octanol–water partition coefficient (Wildman–Crippen LogP) is 3.87. The molecule has 0 unspecified atom stereocenters. The van der Waals surface area contributed by atoms with E-state index >= 15 is 0 Å². The van der Waals surface area contributed by atoms with E-state index in [9.17, 15) is 0 Å². The molecular weight excluding hydrogens is 266 g/mol. The average Bonchev–Trinajstić information content (AvgIpc) is 2.95. The molecule has 0 spiro atoms. The van der Waals surface area contributed by atoms with E-state index < -0.39 is 0 Å². The third kappa shape index (κ3) is 2.75. The molecule has 4 heteroatoms. The molecule has 100 valence electrons. The highest BCUT2D eigenvalue weighted by atomic mass is 32.2. The van der Waals surface area contributed by atoms with Crippen LogP contribution in [0.4, 0.5) is 0 Å². The van der Waals surface area contributed by atoms with E-state index in [0.717, 1.165) is 16.6 Å². The molecule has 0 aliphatic rings. The lowest BCUT2D eigenvalue weighted by Crippen LogP contribution is -1.98. The van der Waals surface area contributed by atoms with Crippen LogP contribution in [0.15, 0.2) is 66.2 Å². The van der Waals surface area contributed by atoms with Crippen molar-refractivity contribution in [3.63, 3.8) is 0 Å².